The molecule has 1 amide bonds. The van der Waals surface area contributed by atoms with E-state index >= 15 is 0 Å². The highest BCUT2D eigenvalue weighted by Crippen LogP contribution is 2.24. The van der Waals surface area contributed by atoms with Crippen LogP contribution < -0.4 is 10.1 Å². The minimum absolute atomic E-state index is 0.0261. The highest BCUT2D eigenvalue weighted by molar-refractivity contribution is 5.93. The van der Waals surface area contributed by atoms with Crippen molar-refractivity contribution in [3.8, 4) is 23.3 Å². The van der Waals surface area contributed by atoms with Crippen molar-refractivity contribution in [3.63, 3.8) is 0 Å². The largest absolute Gasteiger partial charge is 0.472 e. The third-order valence-electron chi connectivity index (χ3n) is 4.75. The van der Waals surface area contributed by atoms with E-state index in [1.807, 2.05) is 12.1 Å². The molecule has 9 nitrogen and oxygen atoms in total. The molecule has 0 spiro atoms. The van der Waals surface area contributed by atoms with Crippen LogP contribution in [0.2, 0.25) is 0 Å². The minimum atomic E-state index is -0.269. The van der Waals surface area contributed by atoms with Crippen LogP contribution in [0.15, 0.2) is 47.5 Å². The number of ether oxygens (including phenoxy) is 1. The Morgan fingerprint density at radius 2 is 2.03 bits per heavy atom. The van der Waals surface area contributed by atoms with Crippen molar-refractivity contribution in [3.05, 3.63) is 54.4 Å². The van der Waals surface area contributed by atoms with Gasteiger partial charge in [0.25, 0.3) is 11.8 Å². The molecule has 0 atom stereocenters. The van der Waals surface area contributed by atoms with Gasteiger partial charge in [-0.25, -0.2) is 9.97 Å². The van der Waals surface area contributed by atoms with Gasteiger partial charge in [0.2, 0.25) is 5.69 Å². The first-order valence-electron chi connectivity index (χ1n) is 9.28. The number of rotatable bonds is 5. The number of carbonyl (C=O) groups is 1. The summed E-state index contributed by atoms with van der Waals surface area (Å²) in [6.07, 6.45) is 9.21. The van der Waals surface area contributed by atoms with Crippen LogP contribution in [0.5, 0.6) is 5.88 Å². The van der Waals surface area contributed by atoms with Crippen molar-refractivity contribution in [2.24, 2.45) is 0 Å². The summed E-state index contributed by atoms with van der Waals surface area (Å²) in [5.74, 6) is 0.486. The molecule has 0 saturated heterocycles. The lowest BCUT2D eigenvalue weighted by Gasteiger charge is -2.29. The number of carbonyl (C=O) groups excluding carboxylic acids is 1. The highest BCUT2D eigenvalue weighted by atomic mass is 16.5. The third kappa shape index (κ3) is 4.38. The SMILES string of the molecule is N#Cc1nccnc1OC1CCC(NC(=O)c2cc(-c3cccnc3)on2)CC1. The maximum atomic E-state index is 12.5. The summed E-state index contributed by atoms with van der Waals surface area (Å²) in [4.78, 5) is 24.5. The predicted octanol–water partition coefficient (Wildman–Crippen LogP) is 2.52. The van der Waals surface area contributed by atoms with Gasteiger partial charge in [0.05, 0.1) is 0 Å². The second kappa shape index (κ2) is 8.48. The summed E-state index contributed by atoms with van der Waals surface area (Å²) < 4.78 is 11.1. The zero-order valence-electron chi connectivity index (χ0n) is 15.5. The number of hydrogen-bond donors (Lipinski definition) is 1. The van der Waals surface area contributed by atoms with Crippen LogP contribution in [0.1, 0.15) is 41.9 Å². The molecule has 146 valence electrons. The van der Waals surface area contributed by atoms with E-state index in [-0.39, 0.29) is 35.3 Å². The van der Waals surface area contributed by atoms with Crippen molar-refractivity contribution in [1.29, 1.82) is 5.26 Å². The fourth-order valence-corrected chi connectivity index (χ4v) is 3.26. The molecular formula is C20H18N6O3. The Morgan fingerprint density at radius 1 is 1.21 bits per heavy atom. The smallest absolute Gasteiger partial charge is 0.273 e. The number of nitrogens with zero attached hydrogens (tertiary/aromatic N) is 5. The Hall–Kier alpha value is -3.80. The summed E-state index contributed by atoms with van der Waals surface area (Å²) in [6.45, 7) is 0. The van der Waals surface area contributed by atoms with Gasteiger partial charge in [-0.3, -0.25) is 9.78 Å². The molecule has 1 aliphatic rings. The van der Waals surface area contributed by atoms with Gasteiger partial charge in [-0.1, -0.05) is 5.16 Å². The third-order valence-corrected chi connectivity index (χ3v) is 4.75. The standard InChI is InChI=1S/C20H18N6O3/c21-11-17-20(24-9-8-23-17)28-15-5-3-14(4-6-15)25-19(27)16-10-18(29-26-16)13-2-1-7-22-12-13/h1-2,7-10,12,14-15H,3-6H2,(H,25,27). The lowest BCUT2D eigenvalue weighted by molar-refractivity contribution is 0.0881. The Balaban J connectivity index is 1.30. The summed E-state index contributed by atoms with van der Waals surface area (Å²) in [5.41, 5.74) is 1.18. The molecule has 3 aromatic heterocycles. The van der Waals surface area contributed by atoms with Gasteiger partial charge in [0.15, 0.2) is 11.5 Å². The molecule has 3 aromatic rings. The van der Waals surface area contributed by atoms with Crippen molar-refractivity contribution >= 4 is 5.91 Å². The van der Waals surface area contributed by atoms with Crippen LogP contribution in [-0.2, 0) is 0 Å². The molecule has 1 fully saturated rings. The zero-order chi connectivity index (χ0) is 20.1. The van der Waals surface area contributed by atoms with E-state index in [9.17, 15) is 4.79 Å². The van der Waals surface area contributed by atoms with E-state index in [0.717, 1.165) is 31.2 Å². The van der Waals surface area contributed by atoms with Crippen LogP contribution >= 0.6 is 0 Å². The van der Waals surface area contributed by atoms with Gasteiger partial charge in [0.1, 0.15) is 12.2 Å². The summed E-state index contributed by atoms with van der Waals surface area (Å²) in [6, 6.07) is 7.24. The van der Waals surface area contributed by atoms with Crippen LogP contribution in [-0.4, -0.2) is 38.2 Å². The van der Waals surface area contributed by atoms with Crippen LogP contribution in [0.3, 0.4) is 0 Å². The molecule has 3 heterocycles. The Labute approximate surface area is 166 Å². The number of aromatic nitrogens is 4. The lowest BCUT2D eigenvalue weighted by atomic mass is 9.93. The summed E-state index contributed by atoms with van der Waals surface area (Å²) in [5, 5.41) is 15.9. The van der Waals surface area contributed by atoms with Crippen molar-refractivity contribution in [1.82, 2.24) is 25.4 Å². The second-order valence-electron chi connectivity index (χ2n) is 6.70. The van der Waals surface area contributed by atoms with Gasteiger partial charge in [-0.2, -0.15) is 5.26 Å². The average Bonchev–Trinajstić information content (AvgIpc) is 3.27. The second-order valence-corrected chi connectivity index (χ2v) is 6.70. The molecule has 1 aliphatic carbocycles. The van der Waals surface area contributed by atoms with Crippen LogP contribution in [0, 0.1) is 11.3 Å². The number of amides is 1. The van der Waals surface area contributed by atoms with E-state index in [0.29, 0.717) is 5.76 Å². The number of nitrogens with one attached hydrogen (secondary N) is 1. The van der Waals surface area contributed by atoms with Gasteiger partial charge >= 0.3 is 0 Å². The first-order chi connectivity index (χ1) is 14.2. The van der Waals surface area contributed by atoms with Crippen LogP contribution in [0.4, 0.5) is 0 Å². The number of pyridine rings is 1. The highest BCUT2D eigenvalue weighted by Gasteiger charge is 2.26. The molecule has 0 radical (unpaired) electrons. The fourth-order valence-electron chi connectivity index (χ4n) is 3.26. The summed E-state index contributed by atoms with van der Waals surface area (Å²) >= 11 is 0. The van der Waals surface area contributed by atoms with E-state index in [1.54, 1.807) is 24.5 Å². The quantitative estimate of drug-likeness (QED) is 0.704. The normalized spacial score (nSPS) is 18.6. The van der Waals surface area contributed by atoms with Gasteiger partial charge < -0.3 is 14.6 Å². The molecule has 1 N–H and O–H groups in total. The van der Waals surface area contributed by atoms with Crippen molar-refractivity contribution in [2.75, 3.05) is 0 Å². The first-order valence-corrected chi connectivity index (χ1v) is 9.28. The predicted molar refractivity (Wildman–Crippen MR) is 101 cm³/mol. The van der Waals surface area contributed by atoms with Crippen molar-refractivity contribution < 1.29 is 14.1 Å². The average molecular weight is 390 g/mol. The Bertz CT molecular complexity index is 1020. The van der Waals surface area contributed by atoms with Crippen molar-refractivity contribution in [2.45, 2.75) is 37.8 Å². The van der Waals surface area contributed by atoms with Crippen LogP contribution in [0.25, 0.3) is 11.3 Å². The van der Waals surface area contributed by atoms with Gasteiger partial charge in [-0.15, -0.1) is 0 Å². The monoisotopic (exact) mass is 390 g/mol. The fraction of sp³-hybridized carbons (Fsp3) is 0.300. The molecule has 1 saturated carbocycles. The van der Waals surface area contributed by atoms with E-state index in [4.69, 9.17) is 14.5 Å². The van der Waals surface area contributed by atoms with E-state index in [1.165, 1.54) is 12.4 Å². The number of nitriles is 1. The molecule has 29 heavy (non-hydrogen) atoms. The van der Waals surface area contributed by atoms with E-state index in [2.05, 4.69) is 25.4 Å². The van der Waals surface area contributed by atoms with E-state index < -0.39 is 0 Å². The molecule has 0 aromatic carbocycles. The maximum Gasteiger partial charge on any atom is 0.273 e. The van der Waals surface area contributed by atoms with Gasteiger partial charge in [-0.05, 0) is 37.8 Å². The Morgan fingerprint density at radius 3 is 2.79 bits per heavy atom. The first kappa shape index (κ1) is 18.6. The minimum Gasteiger partial charge on any atom is -0.472 e. The molecular weight excluding hydrogens is 372 g/mol. The Kier molecular flexibility index (Phi) is 5.42. The topological polar surface area (TPSA) is 127 Å². The molecule has 4 rings (SSSR count). The number of hydrogen-bond acceptors (Lipinski definition) is 8. The molecule has 0 unspecified atom stereocenters. The lowest BCUT2D eigenvalue weighted by Crippen LogP contribution is -2.39. The summed E-state index contributed by atoms with van der Waals surface area (Å²) in [7, 11) is 0. The maximum absolute atomic E-state index is 12.5. The molecule has 0 bridgehead atoms. The molecule has 0 aliphatic heterocycles. The zero-order valence-corrected chi connectivity index (χ0v) is 15.5. The van der Waals surface area contributed by atoms with Gasteiger partial charge in [0, 0.05) is 42.5 Å². The molecule has 9 heteroatoms.